The summed E-state index contributed by atoms with van der Waals surface area (Å²) in [5.74, 6) is 0.674. The highest BCUT2D eigenvalue weighted by Crippen LogP contribution is 2.49. The summed E-state index contributed by atoms with van der Waals surface area (Å²) in [6.07, 6.45) is 6.19. The molecule has 1 aliphatic rings. The van der Waals surface area contributed by atoms with Crippen LogP contribution in [0.4, 0.5) is 0 Å². The maximum Gasteiger partial charge on any atom is 0.316 e. The Labute approximate surface area is 228 Å². The van der Waals surface area contributed by atoms with Gasteiger partial charge in [0, 0.05) is 35.5 Å². The van der Waals surface area contributed by atoms with Crippen LogP contribution in [0, 0.1) is 6.92 Å². The third-order valence-electron chi connectivity index (χ3n) is 7.60. The predicted molar refractivity (Wildman–Crippen MR) is 152 cm³/mol. The molecular weight excluding hydrogens is 484 g/mol. The third-order valence-corrected chi connectivity index (χ3v) is 7.60. The average Bonchev–Trinajstić information content (AvgIpc) is 3.73. The minimum Gasteiger partial charge on any atom is -0.465 e. The zero-order chi connectivity index (χ0) is 26.8. The number of ether oxygens (including phenoxy) is 1. The quantitative estimate of drug-likeness (QED) is 0.200. The minimum atomic E-state index is -0.449. The van der Waals surface area contributed by atoms with Crippen molar-refractivity contribution in [3.63, 3.8) is 0 Å². The van der Waals surface area contributed by atoms with Crippen molar-refractivity contribution in [1.82, 2.24) is 10.1 Å². The zero-order valence-electron chi connectivity index (χ0n) is 22.2. The van der Waals surface area contributed by atoms with Crippen LogP contribution < -0.4 is 0 Å². The summed E-state index contributed by atoms with van der Waals surface area (Å²) in [4.78, 5) is 16.9. The summed E-state index contributed by atoms with van der Waals surface area (Å²) in [7, 11) is 0. The van der Waals surface area contributed by atoms with Gasteiger partial charge in [0.05, 0.1) is 17.7 Å². The smallest absolute Gasteiger partial charge is 0.316 e. The Balaban J connectivity index is 1.22. The van der Waals surface area contributed by atoms with Crippen LogP contribution in [0.25, 0.3) is 33.6 Å². The van der Waals surface area contributed by atoms with Crippen LogP contribution in [0.3, 0.4) is 0 Å². The molecule has 1 aliphatic carbocycles. The van der Waals surface area contributed by atoms with Gasteiger partial charge in [0.2, 0.25) is 0 Å². The molecule has 0 bridgehead atoms. The number of aromatic nitrogens is 2. The molecule has 2 aromatic heterocycles. The van der Waals surface area contributed by atoms with E-state index in [4.69, 9.17) is 9.26 Å². The number of carbonyl (C=O) groups is 1. The topological polar surface area (TPSA) is 65.2 Å². The SMILES string of the molecule is CCOC(=O)C1(c2ccc(-c3ccc(-c4onc(C)c4Cc4cncc(-c5ccccc5)c4)cc3)cc2)CC1. The van der Waals surface area contributed by atoms with Crippen molar-refractivity contribution >= 4 is 5.97 Å². The van der Waals surface area contributed by atoms with Crippen LogP contribution in [0.5, 0.6) is 0 Å². The maximum absolute atomic E-state index is 12.4. The predicted octanol–water partition coefficient (Wildman–Crippen LogP) is 7.56. The van der Waals surface area contributed by atoms with E-state index in [2.05, 4.69) is 76.9 Å². The van der Waals surface area contributed by atoms with Gasteiger partial charge in [-0.15, -0.1) is 0 Å². The number of hydrogen-bond donors (Lipinski definition) is 0. The van der Waals surface area contributed by atoms with E-state index in [-0.39, 0.29) is 5.97 Å². The third kappa shape index (κ3) is 4.88. The molecule has 0 saturated heterocycles. The lowest BCUT2D eigenvalue weighted by Gasteiger charge is -2.14. The lowest BCUT2D eigenvalue weighted by molar-refractivity contribution is -0.146. The minimum absolute atomic E-state index is 0.108. The molecule has 0 atom stereocenters. The second-order valence-electron chi connectivity index (χ2n) is 10.2. The monoisotopic (exact) mass is 514 g/mol. The molecule has 1 saturated carbocycles. The Kier molecular flexibility index (Phi) is 6.57. The molecule has 1 fully saturated rings. The van der Waals surface area contributed by atoms with Crippen LogP contribution in [0.2, 0.25) is 0 Å². The molecule has 5 nitrogen and oxygen atoms in total. The van der Waals surface area contributed by atoms with Crippen molar-refractivity contribution in [3.8, 4) is 33.6 Å². The molecule has 3 aromatic carbocycles. The van der Waals surface area contributed by atoms with E-state index >= 15 is 0 Å². The number of esters is 1. The number of benzene rings is 3. The summed E-state index contributed by atoms with van der Waals surface area (Å²) < 4.78 is 11.1. The van der Waals surface area contributed by atoms with Crippen molar-refractivity contribution in [2.24, 2.45) is 0 Å². The van der Waals surface area contributed by atoms with Crippen molar-refractivity contribution in [2.75, 3.05) is 6.61 Å². The Morgan fingerprint density at radius 3 is 2.15 bits per heavy atom. The van der Waals surface area contributed by atoms with Crippen molar-refractivity contribution in [2.45, 2.75) is 38.5 Å². The lowest BCUT2D eigenvalue weighted by atomic mass is 9.93. The van der Waals surface area contributed by atoms with Crippen molar-refractivity contribution in [3.05, 3.63) is 120 Å². The molecule has 0 radical (unpaired) electrons. The van der Waals surface area contributed by atoms with E-state index in [1.54, 1.807) is 0 Å². The zero-order valence-corrected chi connectivity index (χ0v) is 22.2. The largest absolute Gasteiger partial charge is 0.465 e. The van der Waals surface area contributed by atoms with Crippen LogP contribution in [0.15, 0.2) is 102 Å². The second kappa shape index (κ2) is 10.3. The fraction of sp³-hybridized carbons (Fsp3) is 0.206. The van der Waals surface area contributed by atoms with E-state index in [9.17, 15) is 4.79 Å². The summed E-state index contributed by atoms with van der Waals surface area (Å²) in [6, 6.07) is 29.1. The first-order valence-electron chi connectivity index (χ1n) is 13.4. The number of nitrogens with zero attached hydrogens (tertiary/aromatic N) is 2. The summed E-state index contributed by atoms with van der Waals surface area (Å²) >= 11 is 0. The summed E-state index contributed by atoms with van der Waals surface area (Å²) in [5.41, 5.74) is 9.06. The van der Waals surface area contributed by atoms with Gasteiger partial charge >= 0.3 is 5.97 Å². The van der Waals surface area contributed by atoms with E-state index in [1.165, 1.54) is 0 Å². The van der Waals surface area contributed by atoms with Gasteiger partial charge in [-0.2, -0.15) is 0 Å². The average molecular weight is 515 g/mol. The van der Waals surface area contributed by atoms with Crippen LogP contribution in [-0.4, -0.2) is 22.7 Å². The maximum atomic E-state index is 12.4. The highest BCUT2D eigenvalue weighted by molar-refractivity contribution is 5.87. The van der Waals surface area contributed by atoms with Crippen molar-refractivity contribution in [1.29, 1.82) is 0 Å². The first-order chi connectivity index (χ1) is 19.1. The number of rotatable bonds is 8. The standard InChI is InChI=1S/C34H30N2O3/c1-3-38-33(37)34(17-18-34)30-15-13-27(14-16-30)26-9-11-28(12-10-26)32-31(23(2)36-39-32)20-24-19-29(22-35-21-24)25-7-5-4-6-8-25/h4-16,19,21-22H,3,17-18,20H2,1-2H3. The second-order valence-corrected chi connectivity index (χ2v) is 10.2. The fourth-order valence-electron chi connectivity index (χ4n) is 5.20. The first-order valence-corrected chi connectivity index (χ1v) is 13.4. The van der Waals surface area contributed by atoms with Crippen LogP contribution >= 0.6 is 0 Å². The highest BCUT2D eigenvalue weighted by atomic mass is 16.5. The Bertz CT molecular complexity index is 1600. The lowest BCUT2D eigenvalue weighted by Crippen LogP contribution is -2.23. The highest BCUT2D eigenvalue weighted by Gasteiger charge is 2.52. The van der Waals surface area contributed by atoms with E-state index in [0.29, 0.717) is 13.0 Å². The Hall–Kier alpha value is -4.51. The van der Waals surface area contributed by atoms with Crippen LogP contribution in [0.1, 0.15) is 42.1 Å². The van der Waals surface area contributed by atoms with Crippen LogP contribution in [-0.2, 0) is 21.4 Å². The van der Waals surface area contributed by atoms with Gasteiger partial charge < -0.3 is 9.26 Å². The van der Waals surface area contributed by atoms with Gasteiger partial charge in [0.1, 0.15) is 0 Å². The fourth-order valence-corrected chi connectivity index (χ4v) is 5.20. The molecule has 0 unspecified atom stereocenters. The summed E-state index contributed by atoms with van der Waals surface area (Å²) in [5, 5.41) is 4.28. The molecule has 5 aromatic rings. The molecule has 5 heteroatoms. The normalized spacial score (nSPS) is 13.7. The molecule has 0 amide bonds. The molecular formula is C34H30N2O3. The molecule has 0 N–H and O–H groups in total. The van der Waals surface area contributed by atoms with Gasteiger partial charge in [-0.1, -0.05) is 84.0 Å². The molecule has 2 heterocycles. The van der Waals surface area contributed by atoms with E-state index in [1.807, 2.05) is 44.4 Å². The number of carbonyl (C=O) groups excluding carboxylic acids is 1. The van der Waals surface area contributed by atoms with Gasteiger partial charge in [0.25, 0.3) is 0 Å². The molecule has 194 valence electrons. The van der Waals surface area contributed by atoms with Crippen molar-refractivity contribution < 1.29 is 14.1 Å². The molecule has 0 aliphatic heterocycles. The van der Waals surface area contributed by atoms with Gasteiger partial charge in [-0.05, 0) is 60.6 Å². The van der Waals surface area contributed by atoms with Gasteiger partial charge in [-0.25, -0.2) is 0 Å². The summed E-state index contributed by atoms with van der Waals surface area (Å²) in [6.45, 7) is 4.24. The number of pyridine rings is 1. The first kappa shape index (κ1) is 24.8. The Morgan fingerprint density at radius 2 is 1.49 bits per heavy atom. The Morgan fingerprint density at radius 1 is 0.846 bits per heavy atom. The van der Waals surface area contributed by atoms with E-state index < -0.39 is 5.41 Å². The van der Waals surface area contributed by atoms with Gasteiger partial charge in [-0.3, -0.25) is 9.78 Å². The number of hydrogen-bond acceptors (Lipinski definition) is 5. The van der Waals surface area contributed by atoms with Gasteiger partial charge in [0.15, 0.2) is 5.76 Å². The molecule has 0 spiro atoms. The molecule has 6 rings (SSSR count). The van der Waals surface area contributed by atoms with E-state index in [0.717, 1.165) is 68.8 Å². The molecule has 39 heavy (non-hydrogen) atoms. The number of aryl methyl sites for hydroxylation is 1.